The van der Waals surface area contributed by atoms with Crippen LogP contribution >= 0.6 is 15.9 Å². The largest absolute Gasteiger partial charge is 0.465 e. The van der Waals surface area contributed by atoms with Crippen LogP contribution in [0.4, 0.5) is 11.4 Å². The van der Waals surface area contributed by atoms with Crippen LogP contribution in [-0.2, 0) is 11.3 Å². The molecule has 0 saturated carbocycles. The molecule has 2 rings (SSSR count). The number of nitrogens with two attached hydrogens (primary N) is 1. The molecule has 0 atom stereocenters. The Morgan fingerprint density at radius 3 is 2.55 bits per heavy atom. The van der Waals surface area contributed by atoms with E-state index in [9.17, 15) is 4.79 Å². The second-order valence-corrected chi connectivity index (χ2v) is 5.19. The lowest BCUT2D eigenvalue weighted by atomic mass is 10.1. The number of esters is 1. The fraction of sp³-hybridized carbons (Fsp3) is 0.133. The summed E-state index contributed by atoms with van der Waals surface area (Å²) < 4.78 is 5.70. The van der Waals surface area contributed by atoms with Crippen LogP contribution in [0.1, 0.15) is 15.9 Å². The lowest BCUT2D eigenvalue weighted by molar-refractivity contribution is 0.0601. The van der Waals surface area contributed by atoms with Crippen molar-refractivity contribution in [2.45, 2.75) is 6.54 Å². The molecule has 0 spiro atoms. The summed E-state index contributed by atoms with van der Waals surface area (Å²) in [6.45, 7) is 0.662. The molecule has 0 fully saturated rings. The lowest BCUT2D eigenvalue weighted by Gasteiger charge is -2.10. The Kier molecular flexibility index (Phi) is 4.63. The summed E-state index contributed by atoms with van der Waals surface area (Å²) in [4.78, 5) is 11.4. The minimum atomic E-state index is -0.392. The highest BCUT2D eigenvalue weighted by atomic mass is 79.9. The maximum Gasteiger partial charge on any atom is 0.337 e. The average molecular weight is 335 g/mol. The number of rotatable bonds is 4. The van der Waals surface area contributed by atoms with Crippen molar-refractivity contribution in [1.82, 2.24) is 0 Å². The number of anilines is 2. The number of benzene rings is 2. The molecule has 0 saturated heterocycles. The van der Waals surface area contributed by atoms with Crippen molar-refractivity contribution in [3.8, 4) is 0 Å². The third-order valence-corrected chi connectivity index (χ3v) is 3.40. The standard InChI is InChI=1S/C15H15BrN2O2/c1-20-15(19)11-4-7-14(13(17)8-11)18-9-10-2-5-12(16)6-3-10/h2-8,18H,9,17H2,1H3. The molecule has 20 heavy (non-hydrogen) atoms. The van der Waals surface area contributed by atoms with Crippen LogP contribution < -0.4 is 11.1 Å². The Morgan fingerprint density at radius 2 is 1.95 bits per heavy atom. The van der Waals surface area contributed by atoms with E-state index in [-0.39, 0.29) is 0 Å². The van der Waals surface area contributed by atoms with Crippen LogP contribution in [0.5, 0.6) is 0 Å². The highest BCUT2D eigenvalue weighted by Gasteiger charge is 2.07. The minimum Gasteiger partial charge on any atom is -0.465 e. The summed E-state index contributed by atoms with van der Waals surface area (Å²) in [6, 6.07) is 13.1. The average Bonchev–Trinajstić information content (AvgIpc) is 2.46. The number of nitrogen functional groups attached to an aromatic ring is 1. The van der Waals surface area contributed by atoms with Gasteiger partial charge in [-0.05, 0) is 35.9 Å². The van der Waals surface area contributed by atoms with Gasteiger partial charge in [-0.15, -0.1) is 0 Å². The maximum absolute atomic E-state index is 11.4. The second-order valence-electron chi connectivity index (χ2n) is 4.27. The van der Waals surface area contributed by atoms with Crippen molar-refractivity contribution in [3.63, 3.8) is 0 Å². The van der Waals surface area contributed by atoms with Gasteiger partial charge in [-0.25, -0.2) is 4.79 Å². The molecule has 0 radical (unpaired) electrons. The first-order chi connectivity index (χ1) is 9.60. The van der Waals surface area contributed by atoms with Crippen molar-refractivity contribution < 1.29 is 9.53 Å². The van der Waals surface area contributed by atoms with Crippen molar-refractivity contribution in [2.24, 2.45) is 0 Å². The number of ether oxygens (including phenoxy) is 1. The second kappa shape index (κ2) is 6.43. The Bertz CT molecular complexity index is 612. The Hall–Kier alpha value is -2.01. The van der Waals surface area contributed by atoms with Gasteiger partial charge in [0.15, 0.2) is 0 Å². The van der Waals surface area contributed by atoms with E-state index < -0.39 is 5.97 Å². The quantitative estimate of drug-likeness (QED) is 0.664. The van der Waals surface area contributed by atoms with Gasteiger partial charge in [-0.1, -0.05) is 28.1 Å². The first-order valence-corrected chi connectivity index (χ1v) is 6.85. The van der Waals surface area contributed by atoms with E-state index in [1.54, 1.807) is 18.2 Å². The molecule has 5 heteroatoms. The van der Waals surface area contributed by atoms with Crippen molar-refractivity contribution in [1.29, 1.82) is 0 Å². The minimum absolute atomic E-state index is 0.392. The highest BCUT2D eigenvalue weighted by molar-refractivity contribution is 9.10. The van der Waals surface area contributed by atoms with Gasteiger partial charge in [0.2, 0.25) is 0 Å². The van der Waals surface area contributed by atoms with Crippen LogP contribution in [0, 0.1) is 0 Å². The molecule has 0 aliphatic carbocycles. The summed E-state index contributed by atoms with van der Waals surface area (Å²) in [5.74, 6) is -0.392. The molecule has 0 unspecified atom stereocenters. The molecule has 2 aromatic rings. The molecule has 4 nitrogen and oxygen atoms in total. The number of halogens is 1. The molecule has 0 aromatic heterocycles. The summed E-state index contributed by atoms with van der Waals surface area (Å²) in [5, 5.41) is 3.24. The molecule has 0 heterocycles. The van der Waals surface area contributed by atoms with Crippen LogP contribution in [0.3, 0.4) is 0 Å². The molecule has 0 amide bonds. The fourth-order valence-electron chi connectivity index (χ4n) is 1.77. The van der Waals surface area contributed by atoms with Gasteiger partial charge in [0.05, 0.1) is 24.0 Å². The number of methoxy groups -OCH3 is 1. The van der Waals surface area contributed by atoms with E-state index in [2.05, 4.69) is 26.0 Å². The Labute approximate surface area is 126 Å². The van der Waals surface area contributed by atoms with Crippen molar-refractivity contribution in [3.05, 3.63) is 58.1 Å². The van der Waals surface area contributed by atoms with Crippen LogP contribution in [-0.4, -0.2) is 13.1 Å². The molecule has 0 bridgehead atoms. The SMILES string of the molecule is COC(=O)c1ccc(NCc2ccc(Br)cc2)c(N)c1. The Balaban J connectivity index is 2.06. The summed E-state index contributed by atoms with van der Waals surface area (Å²) in [7, 11) is 1.35. The van der Waals surface area contributed by atoms with Crippen LogP contribution in [0.2, 0.25) is 0 Å². The zero-order chi connectivity index (χ0) is 14.5. The van der Waals surface area contributed by atoms with Gasteiger partial charge in [0, 0.05) is 11.0 Å². The number of carbonyl (C=O) groups excluding carboxylic acids is 1. The fourth-order valence-corrected chi connectivity index (χ4v) is 2.03. The maximum atomic E-state index is 11.4. The van der Waals surface area contributed by atoms with E-state index in [1.807, 2.05) is 24.3 Å². The predicted molar refractivity (Wildman–Crippen MR) is 83.7 cm³/mol. The van der Waals surface area contributed by atoms with E-state index >= 15 is 0 Å². The van der Waals surface area contributed by atoms with E-state index in [0.717, 1.165) is 15.7 Å². The third kappa shape index (κ3) is 3.51. The van der Waals surface area contributed by atoms with E-state index in [1.165, 1.54) is 7.11 Å². The molecule has 104 valence electrons. The third-order valence-electron chi connectivity index (χ3n) is 2.87. The van der Waals surface area contributed by atoms with Crippen molar-refractivity contribution >= 4 is 33.3 Å². The van der Waals surface area contributed by atoms with E-state index in [0.29, 0.717) is 17.8 Å². The van der Waals surface area contributed by atoms with Crippen molar-refractivity contribution in [2.75, 3.05) is 18.2 Å². The zero-order valence-electron chi connectivity index (χ0n) is 11.0. The predicted octanol–water partition coefficient (Wildman–Crippen LogP) is 3.43. The van der Waals surface area contributed by atoms with Crippen LogP contribution in [0.15, 0.2) is 46.9 Å². The number of nitrogens with one attached hydrogen (secondary N) is 1. The lowest BCUT2D eigenvalue weighted by Crippen LogP contribution is -2.06. The first-order valence-electron chi connectivity index (χ1n) is 6.06. The molecule has 0 aliphatic heterocycles. The molecular weight excluding hydrogens is 320 g/mol. The van der Waals surface area contributed by atoms with Gasteiger partial charge in [0.1, 0.15) is 0 Å². The Morgan fingerprint density at radius 1 is 1.25 bits per heavy atom. The van der Waals surface area contributed by atoms with Gasteiger partial charge in [0.25, 0.3) is 0 Å². The monoisotopic (exact) mass is 334 g/mol. The number of hydrogen-bond acceptors (Lipinski definition) is 4. The van der Waals surface area contributed by atoms with E-state index in [4.69, 9.17) is 5.73 Å². The highest BCUT2D eigenvalue weighted by Crippen LogP contribution is 2.21. The van der Waals surface area contributed by atoms with Gasteiger partial charge in [-0.2, -0.15) is 0 Å². The molecule has 3 N–H and O–H groups in total. The van der Waals surface area contributed by atoms with Gasteiger partial charge >= 0.3 is 5.97 Å². The van der Waals surface area contributed by atoms with Gasteiger partial charge < -0.3 is 15.8 Å². The number of carbonyl (C=O) groups is 1. The smallest absolute Gasteiger partial charge is 0.337 e. The number of hydrogen-bond donors (Lipinski definition) is 2. The first kappa shape index (κ1) is 14.4. The normalized spacial score (nSPS) is 10.1. The topological polar surface area (TPSA) is 64.3 Å². The molecule has 0 aliphatic rings. The van der Waals surface area contributed by atoms with Crippen LogP contribution in [0.25, 0.3) is 0 Å². The molecule has 2 aromatic carbocycles. The summed E-state index contributed by atoms with van der Waals surface area (Å²) in [6.07, 6.45) is 0. The zero-order valence-corrected chi connectivity index (χ0v) is 12.6. The molecular formula is C15H15BrN2O2. The summed E-state index contributed by atoms with van der Waals surface area (Å²) in [5.41, 5.74) is 8.82. The summed E-state index contributed by atoms with van der Waals surface area (Å²) >= 11 is 3.40. The van der Waals surface area contributed by atoms with Gasteiger partial charge in [-0.3, -0.25) is 0 Å².